The predicted molar refractivity (Wildman–Crippen MR) is 73.3 cm³/mol. The molecule has 7 heteroatoms. The van der Waals surface area contributed by atoms with Gasteiger partial charge in [0.1, 0.15) is 13.1 Å². The van der Waals surface area contributed by atoms with Crippen molar-refractivity contribution < 1.29 is 33.3 Å². The van der Waals surface area contributed by atoms with Crippen LogP contribution < -0.4 is 5.11 Å². The lowest BCUT2D eigenvalue weighted by Crippen LogP contribution is -2.44. The van der Waals surface area contributed by atoms with Crippen molar-refractivity contribution in [2.75, 3.05) is 81.5 Å². The maximum absolute atomic E-state index is 9.36. The molecule has 0 aliphatic rings. The topological polar surface area (TPSA) is 77.1 Å². The van der Waals surface area contributed by atoms with Gasteiger partial charge in [0, 0.05) is 21.3 Å². The molecule has 0 bridgehead atoms. The summed E-state index contributed by atoms with van der Waals surface area (Å²) in [5.74, 6) is -1.18. The lowest BCUT2D eigenvalue weighted by molar-refractivity contribution is -0.891. The van der Waals surface area contributed by atoms with Crippen molar-refractivity contribution in [1.82, 2.24) is 0 Å². The molecule has 0 aliphatic heterocycles. The minimum Gasteiger partial charge on any atom is -0.548 e. The molecule has 0 radical (unpaired) electrons. The second-order valence-corrected chi connectivity index (χ2v) is 4.79. The Balaban J connectivity index is 0. The van der Waals surface area contributed by atoms with E-state index in [0.717, 1.165) is 30.8 Å². The lowest BCUT2D eigenvalue weighted by Gasteiger charge is -2.29. The smallest absolute Gasteiger partial charge is 0.102 e. The summed E-state index contributed by atoms with van der Waals surface area (Å²) in [6, 6.07) is 0. The summed E-state index contributed by atoms with van der Waals surface area (Å²) >= 11 is 0. The number of hydrogen-bond donors (Lipinski definition) is 0. The number of likely N-dealkylation sites (N-methyl/N-ethyl adjacent to an activating group) is 1. The molecule has 0 atom stereocenters. The number of aliphatic carboxylic acids is 1. The van der Waals surface area contributed by atoms with Gasteiger partial charge in [0.2, 0.25) is 0 Å². The van der Waals surface area contributed by atoms with Gasteiger partial charge in [-0.05, 0) is 0 Å². The van der Waals surface area contributed by atoms with E-state index in [0.29, 0.717) is 13.2 Å². The van der Waals surface area contributed by atoms with Gasteiger partial charge in [-0.15, -0.1) is 0 Å². The van der Waals surface area contributed by atoms with Crippen LogP contribution in [0, 0.1) is 0 Å². The van der Waals surface area contributed by atoms with Gasteiger partial charge in [-0.2, -0.15) is 0 Å². The Hall–Kier alpha value is -0.730. The van der Waals surface area contributed by atoms with Crippen molar-refractivity contribution in [3.8, 4) is 0 Å². The number of nitrogens with zero attached hydrogens (tertiary/aromatic N) is 1. The Morgan fingerprint density at radius 3 is 1.85 bits per heavy atom. The number of carbonyl (C=O) groups excluding carboxylic acids is 1. The molecular weight excluding hydrogens is 266 g/mol. The van der Waals surface area contributed by atoms with Gasteiger partial charge < -0.3 is 33.3 Å². The van der Waals surface area contributed by atoms with E-state index in [1.54, 1.807) is 14.2 Å². The largest absolute Gasteiger partial charge is 0.548 e. The Morgan fingerprint density at radius 1 is 0.900 bits per heavy atom. The van der Waals surface area contributed by atoms with Gasteiger partial charge in [0.05, 0.1) is 53.1 Å². The molecule has 0 spiro atoms. The van der Waals surface area contributed by atoms with Crippen LogP contribution in [0.5, 0.6) is 0 Å². The fourth-order valence-corrected chi connectivity index (χ4v) is 1.12. The average molecular weight is 295 g/mol. The lowest BCUT2D eigenvalue weighted by atomic mass is 10.4. The zero-order valence-corrected chi connectivity index (χ0v) is 13.3. The summed E-state index contributed by atoms with van der Waals surface area (Å²) < 4.78 is 20.4. The van der Waals surface area contributed by atoms with Gasteiger partial charge in [-0.3, -0.25) is 0 Å². The van der Waals surface area contributed by atoms with Crippen molar-refractivity contribution in [3.05, 3.63) is 0 Å². The zero-order chi connectivity index (χ0) is 15.9. The number of rotatable bonds is 11. The molecule has 0 fully saturated rings. The highest BCUT2D eigenvalue weighted by Gasteiger charge is 2.13. The van der Waals surface area contributed by atoms with Crippen LogP contribution in [-0.4, -0.2) is 92.0 Å². The Labute approximate surface area is 122 Å². The average Bonchev–Trinajstić information content (AvgIpc) is 2.37. The van der Waals surface area contributed by atoms with E-state index >= 15 is 0 Å². The van der Waals surface area contributed by atoms with E-state index in [2.05, 4.69) is 18.8 Å². The van der Waals surface area contributed by atoms with E-state index in [-0.39, 0.29) is 6.61 Å². The van der Waals surface area contributed by atoms with Crippen molar-refractivity contribution in [1.29, 1.82) is 0 Å². The molecule has 122 valence electrons. The monoisotopic (exact) mass is 295 g/mol. The fraction of sp³-hybridized carbons (Fsp3) is 0.923. The number of methoxy groups -OCH3 is 3. The van der Waals surface area contributed by atoms with Crippen LogP contribution in [0.3, 0.4) is 0 Å². The Morgan fingerprint density at radius 2 is 1.45 bits per heavy atom. The van der Waals surface area contributed by atoms with Crippen molar-refractivity contribution >= 4 is 5.97 Å². The molecule has 0 unspecified atom stereocenters. The quantitative estimate of drug-likeness (QED) is 0.350. The van der Waals surface area contributed by atoms with Crippen LogP contribution in [0.4, 0.5) is 0 Å². The van der Waals surface area contributed by atoms with Crippen LogP contribution in [-0.2, 0) is 23.7 Å². The van der Waals surface area contributed by atoms with Crippen molar-refractivity contribution in [3.63, 3.8) is 0 Å². The molecule has 0 aromatic heterocycles. The minimum atomic E-state index is -1.18. The summed E-state index contributed by atoms with van der Waals surface area (Å²) in [6.45, 7) is 4.63. The van der Waals surface area contributed by atoms with E-state index in [1.165, 1.54) is 7.11 Å². The maximum atomic E-state index is 9.36. The number of carboxylic acid groups (broad SMARTS) is 1. The summed E-state index contributed by atoms with van der Waals surface area (Å²) in [7, 11) is 9.07. The highest BCUT2D eigenvalue weighted by molar-refractivity contribution is 5.65. The molecule has 20 heavy (non-hydrogen) atoms. The number of carbonyl (C=O) groups is 1. The van der Waals surface area contributed by atoms with Crippen LogP contribution in [0.2, 0.25) is 0 Å². The Kier molecular flexibility index (Phi) is 15.8. The van der Waals surface area contributed by atoms with Gasteiger partial charge >= 0.3 is 0 Å². The normalized spacial score (nSPS) is 10.8. The molecule has 0 saturated heterocycles. The van der Waals surface area contributed by atoms with E-state index in [9.17, 15) is 9.90 Å². The first kappa shape index (κ1) is 21.6. The van der Waals surface area contributed by atoms with E-state index in [1.807, 2.05) is 0 Å². The predicted octanol–water partition coefficient (Wildman–Crippen LogP) is -1.25. The summed E-state index contributed by atoms with van der Waals surface area (Å²) in [5, 5.41) is 9.36. The third-order valence-electron chi connectivity index (χ3n) is 2.44. The third kappa shape index (κ3) is 19.6. The van der Waals surface area contributed by atoms with Crippen molar-refractivity contribution in [2.45, 2.75) is 0 Å². The second-order valence-electron chi connectivity index (χ2n) is 4.79. The first-order chi connectivity index (χ1) is 9.39. The van der Waals surface area contributed by atoms with Crippen LogP contribution in [0.1, 0.15) is 0 Å². The summed E-state index contributed by atoms with van der Waals surface area (Å²) in [6.07, 6.45) is 0. The van der Waals surface area contributed by atoms with E-state index < -0.39 is 5.97 Å². The number of quaternary nitrogens is 1. The van der Waals surface area contributed by atoms with E-state index in [4.69, 9.17) is 14.2 Å². The molecule has 0 amide bonds. The molecular formula is C13H29NO6. The summed E-state index contributed by atoms with van der Waals surface area (Å²) in [5.41, 5.74) is 0. The third-order valence-corrected chi connectivity index (χ3v) is 2.44. The highest BCUT2D eigenvalue weighted by Crippen LogP contribution is 1.96. The first-order valence-corrected chi connectivity index (χ1v) is 6.46. The molecule has 0 aromatic carbocycles. The van der Waals surface area contributed by atoms with Gasteiger partial charge in [-0.25, -0.2) is 0 Å². The van der Waals surface area contributed by atoms with Gasteiger partial charge in [-0.1, -0.05) is 0 Å². The van der Waals surface area contributed by atoms with Crippen LogP contribution >= 0.6 is 0 Å². The summed E-state index contributed by atoms with van der Waals surface area (Å²) in [4.78, 5) is 9.36. The standard InChI is InChI=1S/C10H24NO3.C3H6O3/c1-11(2,5-7-12-3)6-8-14-10-9-13-4;1-6-2-3(4)5/h5-10H2,1-4H3;2H2,1H3,(H,4,5)/q+1;/p-1. The maximum Gasteiger partial charge on any atom is 0.102 e. The minimum absolute atomic E-state index is 0.319. The molecule has 0 aliphatic carbocycles. The SMILES string of the molecule is COCC(=O)[O-].COCCOCC[N+](C)(C)CCOC. The molecule has 0 N–H and O–H groups in total. The van der Waals surface area contributed by atoms with Gasteiger partial charge in [0.25, 0.3) is 0 Å². The molecule has 7 nitrogen and oxygen atoms in total. The molecule has 0 saturated carbocycles. The number of ether oxygens (including phenoxy) is 4. The highest BCUT2D eigenvalue weighted by atomic mass is 16.5. The van der Waals surface area contributed by atoms with Crippen LogP contribution in [0.15, 0.2) is 0 Å². The first-order valence-electron chi connectivity index (χ1n) is 6.46. The van der Waals surface area contributed by atoms with Crippen LogP contribution in [0.25, 0.3) is 0 Å². The fourth-order valence-electron chi connectivity index (χ4n) is 1.12. The molecule has 0 rings (SSSR count). The molecule has 0 heterocycles. The van der Waals surface area contributed by atoms with Crippen molar-refractivity contribution in [2.24, 2.45) is 0 Å². The Bertz CT molecular complexity index is 223. The second kappa shape index (κ2) is 14.7. The molecule has 0 aromatic rings. The van der Waals surface area contributed by atoms with Gasteiger partial charge in [0.15, 0.2) is 0 Å². The number of carboxylic acids is 1. The zero-order valence-electron chi connectivity index (χ0n) is 13.3. The number of hydrogen-bond acceptors (Lipinski definition) is 6.